The van der Waals surface area contributed by atoms with Crippen molar-refractivity contribution in [2.45, 2.75) is 70.6 Å². The molecule has 0 fully saturated rings. The molecule has 3 nitrogen and oxygen atoms in total. The third-order valence-electron chi connectivity index (χ3n) is 17.8. The summed E-state index contributed by atoms with van der Waals surface area (Å²) in [5.41, 5.74) is 26.5. The Kier molecular flexibility index (Phi) is 8.94. The van der Waals surface area contributed by atoms with Crippen LogP contribution < -0.4 is 9.80 Å². The maximum absolute atomic E-state index is 2.61. The van der Waals surface area contributed by atoms with Crippen LogP contribution in [0.5, 0.6) is 0 Å². The molecule has 15 rings (SSSR count). The van der Waals surface area contributed by atoms with E-state index in [9.17, 15) is 0 Å². The van der Waals surface area contributed by atoms with Crippen LogP contribution in [0.1, 0.15) is 92.5 Å². The quantitative estimate of drug-likeness (QED) is 0.165. The van der Waals surface area contributed by atoms with Gasteiger partial charge >= 0.3 is 0 Å². The Labute approximate surface area is 434 Å². The monoisotopic (exact) mass is 951 g/mol. The first kappa shape index (κ1) is 43.2. The van der Waals surface area contributed by atoms with E-state index in [1.165, 1.54) is 122 Å². The van der Waals surface area contributed by atoms with Crippen LogP contribution in [0.3, 0.4) is 0 Å². The number of anilines is 5. The number of fused-ring (bicyclic) bond motifs is 13. The highest BCUT2D eigenvalue weighted by molar-refractivity contribution is 6.14. The fraction of sp³-hybridized carbons (Fsp3) is 0.155. The second-order valence-corrected chi connectivity index (χ2v) is 22.9. The summed E-state index contributed by atoms with van der Waals surface area (Å²) in [6, 6.07) is 78.4. The average molecular weight is 952 g/mol. The zero-order chi connectivity index (χ0) is 49.8. The molecule has 1 aromatic heterocycles. The Morgan fingerprint density at radius 2 is 0.878 bits per heavy atom. The van der Waals surface area contributed by atoms with Crippen LogP contribution in [0.4, 0.5) is 28.4 Å². The topological polar surface area (TPSA) is 11.4 Å². The SMILES string of the molecule is CC1(C)c2ccccc2-c2ccc(N(C3=Cc4ccccc4CC3)c3cc4c5c(c3)c3cc(N(c6ccc7c(c6)C(C)(C)c6ccccc6-7)c6ccc7ccccc7c6)ccc3n5-c3ccccc3C4(C)C)cc21. The molecule has 0 saturated carbocycles. The van der Waals surface area contributed by atoms with Crippen molar-refractivity contribution < 1.29 is 0 Å². The molecule has 0 saturated heterocycles. The van der Waals surface area contributed by atoms with Gasteiger partial charge in [0.05, 0.1) is 16.7 Å². The van der Waals surface area contributed by atoms with Crippen molar-refractivity contribution in [1.82, 2.24) is 4.57 Å². The minimum absolute atomic E-state index is 0.137. The Morgan fingerprint density at radius 3 is 1.61 bits per heavy atom. The summed E-state index contributed by atoms with van der Waals surface area (Å²) in [6.45, 7) is 14.4. The molecule has 356 valence electrons. The third-order valence-corrected chi connectivity index (χ3v) is 17.8. The number of aromatic nitrogens is 1. The molecule has 3 aliphatic carbocycles. The average Bonchev–Trinajstić information content (AvgIpc) is 3.96. The van der Waals surface area contributed by atoms with Crippen molar-refractivity contribution in [3.05, 3.63) is 256 Å². The van der Waals surface area contributed by atoms with Gasteiger partial charge in [-0.2, -0.15) is 0 Å². The predicted molar refractivity (Wildman–Crippen MR) is 312 cm³/mol. The zero-order valence-corrected chi connectivity index (χ0v) is 43.0. The van der Waals surface area contributed by atoms with Gasteiger partial charge in [0.1, 0.15) is 0 Å². The lowest BCUT2D eigenvalue weighted by Gasteiger charge is -2.37. The molecular weight excluding hydrogens is 895 g/mol. The van der Waals surface area contributed by atoms with Crippen LogP contribution >= 0.6 is 0 Å². The number of para-hydroxylation sites is 1. The fourth-order valence-electron chi connectivity index (χ4n) is 14.0. The summed E-state index contributed by atoms with van der Waals surface area (Å²) in [5, 5.41) is 4.95. The molecule has 0 radical (unpaired) electrons. The molecule has 0 amide bonds. The van der Waals surface area contributed by atoms with Gasteiger partial charge in [-0.3, -0.25) is 0 Å². The first-order valence-electron chi connectivity index (χ1n) is 26.5. The summed E-state index contributed by atoms with van der Waals surface area (Å²) >= 11 is 0. The number of hydrogen-bond donors (Lipinski definition) is 0. The molecule has 0 atom stereocenters. The minimum atomic E-state index is -0.287. The molecule has 2 heterocycles. The first-order chi connectivity index (χ1) is 35.9. The summed E-state index contributed by atoms with van der Waals surface area (Å²) in [4.78, 5) is 5.11. The van der Waals surface area contributed by atoms with E-state index in [2.05, 4.69) is 268 Å². The zero-order valence-electron chi connectivity index (χ0n) is 43.0. The van der Waals surface area contributed by atoms with E-state index in [0.717, 1.165) is 29.9 Å². The lowest BCUT2D eigenvalue weighted by atomic mass is 9.74. The first-order valence-corrected chi connectivity index (χ1v) is 26.5. The normalized spacial score (nSPS) is 15.7. The molecule has 10 aromatic carbocycles. The van der Waals surface area contributed by atoms with Gasteiger partial charge in [-0.15, -0.1) is 0 Å². The smallest absolute Gasteiger partial charge is 0.0583 e. The second-order valence-electron chi connectivity index (χ2n) is 22.9. The van der Waals surface area contributed by atoms with Gasteiger partial charge in [0, 0.05) is 61.2 Å². The molecule has 0 unspecified atom stereocenters. The van der Waals surface area contributed by atoms with Crippen molar-refractivity contribution in [3.8, 4) is 27.9 Å². The Morgan fingerprint density at radius 1 is 0.365 bits per heavy atom. The van der Waals surface area contributed by atoms with Gasteiger partial charge in [0.15, 0.2) is 0 Å². The highest BCUT2D eigenvalue weighted by atomic mass is 15.2. The highest BCUT2D eigenvalue weighted by Crippen LogP contribution is 2.55. The molecule has 1 aliphatic heterocycles. The van der Waals surface area contributed by atoms with Crippen molar-refractivity contribution in [3.63, 3.8) is 0 Å². The van der Waals surface area contributed by atoms with Crippen LogP contribution in [0.2, 0.25) is 0 Å². The van der Waals surface area contributed by atoms with Crippen LogP contribution in [0.25, 0.3) is 66.6 Å². The lowest BCUT2D eigenvalue weighted by molar-refractivity contribution is 0.630. The standard InChI is InChI=1S/C71H57N3/c1-69(2)60-23-13-11-21-54(60)56-34-31-51(41-63(56)69)72(48-29-27-44-17-7-9-19-46(44)37-48)50-33-36-66-58(39-50)59-40-53(43-65-68(59)74(66)67-26-16-15-25-62(67)71(65,5)6)73(49-30-28-45-18-8-10-20-47(45)38-49)52-32-35-57-55-22-12-14-24-61(55)70(3,4)64(57)42-52/h7-27,29,31-43H,28,30H2,1-6H3. The van der Waals surface area contributed by atoms with Gasteiger partial charge in [-0.25, -0.2) is 0 Å². The molecule has 3 heteroatoms. The number of rotatable bonds is 6. The van der Waals surface area contributed by atoms with Crippen LogP contribution in [-0.2, 0) is 22.7 Å². The lowest BCUT2D eigenvalue weighted by Crippen LogP contribution is -2.27. The molecule has 0 bridgehead atoms. The Hall–Kier alpha value is -8.40. The van der Waals surface area contributed by atoms with E-state index in [1.807, 2.05) is 0 Å². The van der Waals surface area contributed by atoms with Gasteiger partial charge in [-0.05, 0) is 169 Å². The summed E-state index contributed by atoms with van der Waals surface area (Å²) in [5.74, 6) is 0. The maximum Gasteiger partial charge on any atom is 0.0583 e. The van der Waals surface area contributed by atoms with E-state index in [1.54, 1.807) is 0 Å². The molecule has 74 heavy (non-hydrogen) atoms. The molecule has 0 N–H and O–H groups in total. The van der Waals surface area contributed by atoms with E-state index >= 15 is 0 Å². The van der Waals surface area contributed by atoms with Crippen molar-refractivity contribution in [2.75, 3.05) is 9.80 Å². The van der Waals surface area contributed by atoms with Crippen molar-refractivity contribution in [1.29, 1.82) is 0 Å². The summed E-state index contributed by atoms with van der Waals surface area (Å²) < 4.78 is 2.57. The van der Waals surface area contributed by atoms with Gasteiger partial charge in [-0.1, -0.05) is 175 Å². The number of allylic oxidation sites excluding steroid dienone is 1. The fourth-order valence-corrected chi connectivity index (χ4v) is 14.0. The highest BCUT2D eigenvalue weighted by Gasteiger charge is 2.40. The summed E-state index contributed by atoms with van der Waals surface area (Å²) in [7, 11) is 0. The third kappa shape index (κ3) is 6.01. The maximum atomic E-state index is 2.61. The van der Waals surface area contributed by atoms with E-state index in [4.69, 9.17) is 0 Å². The van der Waals surface area contributed by atoms with E-state index in [-0.39, 0.29) is 16.2 Å². The molecular formula is C71H57N3. The van der Waals surface area contributed by atoms with E-state index in [0.29, 0.717) is 0 Å². The van der Waals surface area contributed by atoms with Gasteiger partial charge in [0.25, 0.3) is 0 Å². The predicted octanol–water partition coefficient (Wildman–Crippen LogP) is 18.8. The van der Waals surface area contributed by atoms with E-state index < -0.39 is 0 Å². The number of aryl methyl sites for hydroxylation is 1. The van der Waals surface area contributed by atoms with Gasteiger partial charge < -0.3 is 14.4 Å². The van der Waals surface area contributed by atoms with Crippen molar-refractivity contribution >= 4 is 67.1 Å². The number of nitrogens with zero attached hydrogens (tertiary/aromatic N) is 3. The van der Waals surface area contributed by atoms with Gasteiger partial charge in [0.2, 0.25) is 0 Å². The molecule has 0 spiro atoms. The van der Waals surface area contributed by atoms with Crippen molar-refractivity contribution in [2.24, 2.45) is 0 Å². The Bertz CT molecular complexity index is 4250. The summed E-state index contributed by atoms with van der Waals surface area (Å²) in [6.07, 6.45) is 4.39. The largest absolute Gasteiger partial charge is 0.314 e. The van der Waals surface area contributed by atoms with Crippen LogP contribution in [-0.4, -0.2) is 4.57 Å². The second kappa shape index (κ2) is 15.3. The molecule has 4 aliphatic rings. The van der Waals surface area contributed by atoms with Crippen LogP contribution in [0.15, 0.2) is 212 Å². The Balaban J connectivity index is 0.991. The minimum Gasteiger partial charge on any atom is -0.314 e. The number of hydrogen-bond acceptors (Lipinski definition) is 2. The van der Waals surface area contributed by atoms with Crippen LogP contribution in [0, 0.1) is 0 Å². The number of benzene rings is 10. The molecule has 11 aromatic rings.